The van der Waals surface area contributed by atoms with Gasteiger partial charge in [-0.15, -0.1) is 0 Å². The Morgan fingerprint density at radius 1 is 1.44 bits per heavy atom. The van der Waals surface area contributed by atoms with Crippen molar-refractivity contribution in [2.75, 3.05) is 13.7 Å². The van der Waals surface area contributed by atoms with Crippen molar-refractivity contribution in [2.45, 2.75) is 18.6 Å². The van der Waals surface area contributed by atoms with E-state index < -0.39 is 17.7 Å². The molecule has 0 amide bonds. The molecular weight excluding hydrogens is 208 g/mol. The van der Waals surface area contributed by atoms with E-state index in [0.717, 1.165) is 0 Å². The molecule has 1 heterocycles. The van der Waals surface area contributed by atoms with Gasteiger partial charge in [-0.05, 0) is 6.92 Å². The van der Waals surface area contributed by atoms with Crippen LogP contribution in [0.2, 0.25) is 0 Å². The summed E-state index contributed by atoms with van der Waals surface area (Å²) in [7, 11) is 1.32. The van der Waals surface area contributed by atoms with E-state index in [0.29, 0.717) is 6.61 Å². The van der Waals surface area contributed by atoms with Gasteiger partial charge in [0.1, 0.15) is 11.7 Å². The first-order valence-electron chi connectivity index (χ1n) is 5.00. The zero-order valence-electron chi connectivity index (χ0n) is 9.42. The van der Waals surface area contributed by atoms with Gasteiger partial charge in [-0.25, -0.2) is 4.79 Å². The lowest BCUT2D eigenvalue weighted by atomic mass is 10.1. The van der Waals surface area contributed by atoms with E-state index in [2.05, 4.69) is 4.74 Å². The molecule has 88 valence electrons. The van der Waals surface area contributed by atoms with Crippen molar-refractivity contribution in [1.82, 2.24) is 0 Å². The molecule has 1 saturated heterocycles. The molecule has 0 bridgehead atoms. The highest BCUT2D eigenvalue weighted by molar-refractivity contribution is 5.82. The first-order chi connectivity index (χ1) is 7.58. The summed E-state index contributed by atoms with van der Waals surface area (Å²) in [6.07, 6.45) is 9.03. The molecule has 4 nitrogen and oxygen atoms in total. The van der Waals surface area contributed by atoms with Crippen LogP contribution < -0.4 is 0 Å². The molecule has 0 spiro atoms. The average molecular weight is 224 g/mol. The molecule has 0 unspecified atom stereocenters. The van der Waals surface area contributed by atoms with Crippen molar-refractivity contribution in [1.29, 1.82) is 0 Å². The normalized spacial score (nSPS) is 26.7. The second-order valence-corrected chi connectivity index (χ2v) is 3.70. The highest BCUT2D eigenvalue weighted by Crippen LogP contribution is 2.30. The van der Waals surface area contributed by atoms with Crippen LogP contribution >= 0.6 is 0 Å². The standard InChI is InChI=1S/C12H16O4/c1-12(9-16-12)10(13)7-5-3-4-6-8-11(14)15-2/h3-8,10,13H,9H2,1-2H3/b4-3+,7-5+,8-6+/t10-,12-/m1/s1. The van der Waals surface area contributed by atoms with E-state index in [1.54, 1.807) is 30.4 Å². The molecule has 1 fully saturated rings. The number of allylic oxidation sites excluding steroid dienone is 4. The van der Waals surface area contributed by atoms with Crippen LogP contribution in [-0.4, -0.2) is 36.5 Å². The third kappa shape index (κ3) is 4.00. The van der Waals surface area contributed by atoms with Gasteiger partial charge in [-0.3, -0.25) is 0 Å². The number of carbonyl (C=O) groups is 1. The number of rotatable bonds is 5. The lowest BCUT2D eigenvalue weighted by Crippen LogP contribution is -2.23. The van der Waals surface area contributed by atoms with E-state index in [4.69, 9.17) is 4.74 Å². The number of carbonyl (C=O) groups excluding carboxylic acids is 1. The predicted octanol–water partition coefficient (Wildman–Crippen LogP) is 0.978. The van der Waals surface area contributed by atoms with Gasteiger partial charge in [0.15, 0.2) is 0 Å². The average Bonchev–Trinajstić information content (AvgIpc) is 3.02. The third-order valence-corrected chi connectivity index (χ3v) is 2.29. The van der Waals surface area contributed by atoms with Crippen LogP contribution in [0, 0.1) is 0 Å². The number of aliphatic hydroxyl groups excluding tert-OH is 1. The summed E-state index contributed by atoms with van der Waals surface area (Å²) in [5.41, 5.74) is -0.411. The first-order valence-corrected chi connectivity index (χ1v) is 5.00. The van der Waals surface area contributed by atoms with Crippen LogP contribution in [0.5, 0.6) is 0 Å². The van der Waals surface area contributed by atoms with Crippen LogP contribution in [0.25, 0.3) is 0 Å². The Labute approximate surface area is 94.9 Å². The molecule has 16 heavy (non-hydrogen) atoms. The van der Waals surface area contributed by atoms with Crippen LogP contribution in [-0.2, 0) is 14.3 Å². The SMILES string of the molecule is COC(=O)/C=C/C=C/C=C/[C@@H](O)[C@@]1(C)CO1. The lowest BCUT2D eigenvalue weighted by Gasteiger charge is -2.08. The molecule has 0 aromatic carbocycles. The summed E-state index contributed by atoms with van der Waals surface area (Å²) in [6.45, 7) is 2.44. The van der Waals surface area contributed by atoms with Crippen LogP contribution in [0.4, 0.5) is 0 Å². The number of hydrogen-bond donors (Lipinski definition) is 1. The van der Waals surface area contributed by atoms with Crippen molar-refractivity contribution >= 4 is 5.97 Å². The minimum Gasteiger partial charge on any atom is -0.466 e. The van der Waals surface area contributed by atoms with Crippen molar-refractivity contribution in [3.63, 3.8) is 0 Å². The van der Waals surface area contributed by atoms with Gasteiger partial charge in [0.2, 0.25) is 0 Å². The molecule has 4 heteroatoms. The quantitative estimate of drug-likeness (QED) is 0.327. The van der Waals surface area contributed by atoms with Crippen LogP contribution in [0.3, 0.4) is 0 Å². The maximum absolute atomic E-state index is 10.7. The fourth-order valence-corrected chi connectivity index (χ4v) is 0.988. The molecular formula is C12H16O4. The van der Waals surface area contributed by atoms with Gasteiger partial charge in [0, 0.05) is 6.08 Å². The Morgan fingerprint density at radius 2 is 2.06 bits per heavy atom. The summed E-state index contributed by atoms with van der Waals surface area (Å²) in [5.74, 6) is -0.396. The Bertz CT molecular complexity index is 324. The Balaban J connectivity index is 2.28. The van der Waals surface area contributed by atoms with Crippen LogP contribution in [0.15, 0.2) is 36.5 Å². The van der Waals surface area contributed by atoms with E-state index in [9.17, 15) is 9.90 Å². The zero-order valence-corrected chi connectivity index (χ0v) is 9.42. The van der Waals surface area contributed by atoms with Crippen LogP contribution in [0.1, 0.15) is 6.92 Å². The van der Waals surface area contributed by atoms with Gasteiger partial charge in [-0.1, -0.05) is 30.4 Å². The summed E-state index contributed by atoms with van der Waals surface area (Å²) in [6, 6.07) is 0. The minimum atomic E-state index is -0.596. The minimum absolute atomic E-state index is 0.396. The number of hydrogen-bond acceptors (Lipinski definition) is 4. The van der Waals surface area contributed by atoms with E-state index >= 15 is 0 Å². The summed E-state index contributed by atoms with van der Waals surface area (Å²) in [4.78, 5) is 10.7. The fraction of sp³-hybridized carbons (Fsp3) is 0.417. The van der Waals surface area contributed by atoms with Gasteiger partial charge in [-0.2, -0.15) is 0 Å². The van der Waals surface area contributed by atoms with E-state index in [-0.39, 0.29) is 0 Å². The van der Waals surface area contributed by atoms with E-state index in [1.165, 1.54) is 13.2 Å². The molecule has 1 aliphatic rings. The maximum atomic E-state index is 10.7. The summed E-state index contributed by atoms with van der Waals surface area (Å²) >= 11 is 0. The number of ether oxygens (including phenoxy) is 2. The smallest absolute Gasteiger partial charge is 0.330 e. The van der Waals surface area contributed by atoms with Crippen molar-refractivity contribution in [3.8, 4) is 0 Å². The lowest BCUT2D eigenvalue weighted by molar-refractivity contribution is -0.134. The Kier molecular flexibility index (Phi) is 4.46. The van der Waals surface area contributed by atoms with Crippen molar-refractivity contribution in [3.05, 3.63) is 36.5 Å². The monoisotopic (exact) mass is 224 g/mol. The largest absolute Gasteiger partial charge is 0.466 e. The second kappa shape index (κ2) is 5.63. The molecule has 0 aromatic heterocycles. The molecule has 0 aromatic rings. The molecule has 2 atom stereocenters. The van der Waals surface area contributed by atoms with Gasteiger partial charge in [0.05, 0.1) is 13.7 Å². The van der Waals surface area contributed by atoms with Gasteiger partial charge >= 0.3 is 5.97 Å². The highest BCUT2D eigenvalue weighted by atomic mass is 16.6. The molecule has 0 saturated carbocycles. The molecule has 0 aliphatic carbocycles. The van der Waals surface area contributed by atoms with Gasteiger partial charge < -0.3 is 14.6 Å². The maximum Gasteiger partial charge on any atom is 0.330 e. The Morgan fingerprint density at radius 3 is 2.62 bits per heavy atom. The highest BCUT2D eigenvalue weighted by Gasteiger charge is 2.45. The van der Waals surface area contributed by atoms with Crippen molar-refractivity contribution < 1.29 is 19.4 Å². The summed E-state index contributed by atoms with van der Waals surface area (Å²) in [5, 5.41) is 9.59. The second-order valence-electron chi connectivity index (χ2n) is 3.70. The van der Waals surface area contributed by atoms with Gasteiger partial charge in [0.25, 0.3) is 0 Å². The Hall–Kier alpha value is -1.39. The molecule has 1 N–H and O–H groups in total. The summed E-state index contributed by atoms with van der Waals surface area (Å²) < 4.78 is 9.50. The molecule has 1 aliphatic heterocycles. The topological polar surface area (TPSA) is 59.1 Å². The molecule has 1 rings (SSSR count). The fourth-order valence-electron chi connectivity index (χ4n) is 0.988. The predicted molar refractivity (Wildman–Crippen MR) is 59.8 cm³/mol. The number of esters is 1. The number of epoxide rings is 1. The van der Waals surface area contributed by atoms with Crippen molar-refractivity contribution in [2.24, 2.45) is 0 Å². The zero-order chi connectivity index (χ0) is 12.0. The first kappa shape index (κ1) is 12.7. The third-order valence-electron chi connectivity index (χ3n) is 2.29. The number of aliphatic hydroxyl groups is 1. The number of methoxy groups -OCH3 is 1. The van der Waals surface area contributed by atoms with E-state index in [1.807, 2.05) is 6.92 Å². The molecule has 0 radical (unpaired) electrons.